The Labute approximate surface area is 144 Å². The summed E-state index contributed by atoms with van der Waals surface area (Å²) < 4.78 is 0. The van der Waals surface area contributed by atoms with Gasteiger partial charge in [0.2, 0.25) is 5.91 Å². The van der Waals surface area contributed by atoms with Crippen LogP contribution in [0.3, 0.4) is 0 Å². The number of aryl methyl sites for hydroxylation is 1. The number of halogens is 1. The molecule has 130 valence electrons. The summed E-state index contributed by atoms with van der Waals surface area (Å²) in [6, 6.07) is 1.83. The van der Waals surface area contributed by atoms with Gasteiger partial charge >= 0.3 is 0 Å². The van der Waals surface area contributed by atoms with Crippen molar-refractivity contribution in [1.82, 2.24) is 15.3 Å². The highest BCUT2D eigenvalue weighted by Crippen LogP contribution is 2.18. The Balaban J connectivity index is 0.00000264. The van der Waals surface area contributed by atoms with Crippen LogP contribution in [0.1, 0.15) is 39.3 Å². The summed E-state index contributed by atoms with van der Waals surface area (Å²) >= 11 is 0. The van der Waals surface area contributed by atoms with Gasteiger partial charge in [-0.2, -0.15) is 0 Å². The summed E-state index contributed by atoms with van der Waals surface area (Å²) in [4.78, 5) is 22.9. The highest BCUT2D eigenvalue weighted by Gasteiger charge is 2.24. The van der Waals surface area contributed by atoms with Crippen molar-refractivity contribution in [2.24, 2.45) is 11.7 Å². The van der Waals surface area contributed by atoms with E-state index in [1.807, 2.05) is 19.9 Å². The van der Waals surface area contributed by atoms with E-state index in [-0.39, 0.29) is 30.3 Å². The van der Waals surface area contributed by atoms with Gasteiger partial charge in [0.25, 0.3) is 0 Å². The maximum absolute atomic E-state index is 12.0. The SMILES string of the molecule is CCc1cc(N2CCC(NC(=O)[C@@H](N)C(C)C)CC2)ncn1.Cl. The minimum Gasteiger partial charge on any atom is -0.356 e. The number of rotatable bonds is 5. The molecule has 0 saturated carbocycles. The van der Waals surface area contributed by atoms with Gasteiger partial charge in [0.05, 0.1) is 6.04 Å². The van der Waals surface area contributed by atoms with E-state index in [1.54, 1.807) is 6.33 Å². The zero-order chi connectivity index (χ0) is 16.1. The topological polar surface area (TPSA) is 84.1 Å². The van der Waals surface area contributed by atoms with E-state index in [0.717, 1.165) is 43.9 Å². The number of nitrogens with two attached hydrogens (primary N) is 1. The van der Waals surface area contributed by atoms with Gasteiger partial charge < -0.3 is 16.0 Å². The number of aromatic nitrogens is 2. The molecule has 0 aromatic carbocycles. The molecular weight excluding hydrogens is 314 g/mol. The lowest BCUT2D eigenvalue weighted by molar-refractivity contribution is -0.124. The first kappa shape index (κ1) is 19.6. The second kappa shape index (κ2) is 9.03. The zero-order valence-electron chi connectivity index (χ0n) is 14.2. The summed E-state index contributed by atoms with van der Waals surface area (Å²) in [5.74, 6) is 1.10. The fraction of sp³-hybridized carbons (Fsp3) is 0.688. The largest absolute Gasteiger partial charge is 0.356 e. The summed E-state index contributed by atoms with van der Waals surface area (Å²) in [7, 11) is 0. The lowest BCUT2D eigenvalue weighted by Crippen LogP contribution is -2.51. The number of hydrogen-bond donors (Lipinski definition) is 2. The van der Waals surface area contributed by atoms with Crippen molar-refractivity contribution >= 4 is 24.1 Å². The average molecular weight is 342 g/mol. The van der Waals surface area contributed by atoms with Crippen molar-refractivity contribution in [1.29, 1.82) is 0 Å². The van der Waals surface area contributed by atoms with Crippen molar-refractivity contribution in [2.45, 2.75) is 52.1 Å². The molecule has 1 atom stereocenters. The molecule has 2 heterocycles. The Bertz CT molecular complexity index is 503. The number of amides is 1. The Morgan fingerprint density at radius 2 is 2.04 bits per heavy atom. The van der Waals surface area contributed by atoms with Gasteiger partial charge in [-0.25, -0.2) is 9.97 Å². The monoisotopic (exact) mass is 341 g/mol. The van der Waals surface area contributed by atoms with Crippen LogP contribution < -0.4 is 16.0 Å². The number of anilines is 1. The molecule has 1 saturated heterocycles. The van der Waals surface area contributed by atoms with Crippen LogP contribution in [0.4, 0.5) is 5.82 Å². The van der Waals surface area contributed by atoms with Crippen molar-refractivity contribution in [3.63, 3.8) is 0 Å². The highest BCUT2D eigenvalue weighted by atomic mass is 35.5. The normalized spacial score (nSPS) is 16.8. The van der Waals surface area contributed by atoms with Crippen LogP contribution in [0.15, 0.2) is 12.4 Å². The molecule has 1 amide bonds. The van der Waals surface area contributed by atoms with E-state index in [0.29, 0.717) is 0 Å². The molecule has 0 unspecified atom stereocenters. The lowest BCUT2D eigenvalue weighted by Gasteiger charge is -2.33. The highest BCUT2D eigenvalue weighted by molar-refractivity contribution is 5.85. The molecule has 1 fully saturated rings. The third kappa shape index (κ3) is 5.32. The minimum atomic E-state index is -0.424. The Kier molecular flexibility index (Phi) is 7.72. The fourth-order valence-electron chi connectivity index (χ4n) is 2.61. The lowest BCUT2D eigenvalue weighted by atomic mass is 10.0. The zero-order valence-corrected chi connectivity index (χ0v) is 15.0. The van der Waals surface area contributed by atoms with Gasteiger partial charge in [0.15, 0.2) is 0 Å². The molecule has 0 spiro atoms. The van der Waals surface area contributed by atoms with Crippen molar-refractivity contribution in [3.8, 4) is 0 Å². The molecule has 7 heteroatoms. The van der Waals surface area contributed by atoms with Crippen LogP contribution in [0.5, 0.6) is 0 Å². The first-order valence-corrected chi connectivity index (χ1v) is 8.13. The van der Waals surface area contributed by atoms with Gasteiger partial charge in [-0.1, -0.05) is 20.8 Å². The Morgan fingerprint density at radius 3 is 2.61 bits per heavy atom. The second-order valence-electron chi connectivity index (χ2n) is 6.26. The van der Waals surface area contributed by atoms with Crippen LogP contribution in [0.2, 0.25) is 0 Å². The summed E-state index contributed by atoms with van der Waals surface area (Å²) in [6.45, 7) is 7.80. The van der Waals surface area contributed by atoms with Crippen molar-refractivity contribution in [3.05, 3.63) is 18.1 Å². The van der Waals surface area contributed by atoms with E-state index >= 15 is 0 Å². The molecule has 1 aliphatic rings. The van der Waals surface area contributed by atoms with Crippen LogP contribution in [0, 0.1) is 5.92 Å². The molecule has 0 bridgehead atoms. The average Bonchev–Trinajstić information content (AvgIpc) is 2.54. The van der Waals surface area contributed by atoms with Crippen LogP contribution in [0.25, 0.3) is 0 Å². The van der Waals surface area contributed by atoms with Gasteiger partial charge in [-0.15, -0.1) is 12.4 Å². The maximum atomic E-state index is 12.0. The standard InChI is InChI=1S/C16H27N5O.ClH/c1-4-12-9-14(19-10-18-12)21-7-5-13(6-8-21)20-16(22)15(17)11(2)3;/h9-11,13,15H,4-8,17H2,1-3H3,(H,20,22);1H/t15-;/m0./s1. The van der Waals surface area contributed by atoms with Gasteiger partial charge in [0, 0.05) is 30.9 Å². The molecule has 3 N–H and O–H groups in total. The van der Waals surface area contributed by atoms with Crippen LogP contribution in [-0.4, -0.2) is 41.0 Å². The fourth-order valence-corrected chi connectivity index (χ4v) is 2.61. The molecule has 0 aliphatic carbocycles. The van der Waals surface area contributed by atoms with E-state index < -0.39 is 6.04 Å². The van der Waals surface area contributed by atoms with Crippen molar-refractivity contribution in [2.75, 3.05) is 18.0 Å². The van der Waals surface area contributed by atoms with E-state index in [2.05, 4.69) is 27.1 Å². The smallest absolute Gasteiger partial charge is 0.237 e. The number of nitrogens with zero attached hydrogens (tertiary/aromatic N) is 3. The number of hydrogen-bond acceptors (Lipinski definition) is 5. The minimum absolute atomic E-state index is 0. The number of carbonyl (C=O) groups excluding carboxylic acids is 1. The summed E-state index contributed by atoms with van der Waals surface area (Å²) in [5, 5.41) is 3.07. The molecule has 2 rings (SSSR count). The van der Waals surface area contributed by atoms with Crippen LogP contribution in [-0.2, 0) is 11.2 Å². The molecule has 1 aromatic rings. The first-order valence-electron chi connectivity index (χ1n) is 8.13. The second-order valence-corrected chi connectivity index (χ2v) is 6.26. The summed E-state index contributed by atoms with van der Waals surface area (Å²) in [5.41, 5.74) is 6.95. The summed E-state index contributed by atoms with van der Waals surface area (Å²) in [6.07, 6.45) is 4.38. The Hall–Kier alpha value is -1.40. The van der Waals surface area contributed by atoms with Crippen LogP contribution >= 0.6 is 12.4 Å². The molecule has 1 aliphatic heterocycles. The molecular formula is C16H28ClN5O. The molecule has 1 aromatic heterocycles. The van der Waals surface area contributed by atoms with E-state index in [1.165, 1.54) is 0 Å². The first-order chi connectivity index (χ1) is 10.5. The maximum Gasteiger partial charge on any atom is 0.237 e. The van der Waals surface area contributed by atoms with Gasteiger partial charge in [-0.3, -0.25) is 4.79 Å². The number of nitrogens with one attached hydrogen (secondary N) is 1. The van der Waals surface area contributed by atoms with Crippen molar-refractivity contribution < 1.29 is 4.79 Å². The predicted octanol–water partition coefficient (Wildman–Crippen LogP) is 1.53. The third-order valence-electron chi connectivity index (χ3n) is 4.26. The van der Waals surface area contributed by atoms with Gasteiger partial charge in [-0.05, 0) is 25.2 Å². The van der Waals surface area contributed by atoms with E-state index in [4.69, 9.17) is 5.73 Å². The Morgan fingerprint density at radius 1 is 1.39 bits per heavy atom. The number of piperidine rings is 1. The third-order valence-corrected chi connectivity index (χ3v) is 4.26. The molecule has 0 radical (unpaired) electrons. The quantitative estimate of drug-likeness (QED) is 0.848. The van der Waals surface area contributed by atoms with Gasteiger partial charge in [0.1, 0.15) is 12.1 Å². The van der Waals surface area contributed by atoms with E-state index in [9.17, 15) is 4.79 Å². The molecule has 6 nitrogen and oxygen atoms in total. The predicted molar refractivity (Wildman–Crippen MR) is 94.8 cm³/mol. The molecule has 23 heavy (non-hydrogen) atoms. The number of carbonyl (C=O) groups is 1.